The number of benzene rings is 2. The van der Waals surface area contributed by atoms with Gasteiger partial charge in [-0.3, -0.25) is 29.0 Å². The van der Waals surface area contributed by atoms with Gasteiger partial charge in [0.25, 0.3) is 0 Å². The lowest BCUT2D eigenvalue weighted by atomic mass is 9.71. The molecule has 3 aromatic heterocycles. The van der Waals surface area contributed by atoms with Crippen LogP contribution in [0, 0.1) is 11.3 Å². The molecule has 1 aliphatic carbocycles. The number of thiazole rings is 1. The van der Waals surface area contributed by atoms with Gasteiger partial charge in [0.2, 0.25) is 11.8 Å². The third-order valence-electron chi connectivity index (χ3n) is 12.6. The van der Waals surface area contributed by atoms with Gasteiger partial charge in [0.15, 0.2) is 6.23 Å². The molecule has 2 atom stereocenters. The Morgan fingerprint density at radius 2 is 1.84 bits per heavy atom. The number of hydrogen-bond acceptors (Lipinski definition) is 11. The minimum Gasteiger partial charge on any atom is -0.495 e. The van der Waals surface area contributed by atoms with Crippen LogP contribution >= 0.6 is 11.3 Å². The fourth-order valence-electron chi connectivity index (χ4n) is 9.62. The summed E-state index contributed by atoms with van der Waals surface area (Å²) in [5, 5.41) is 17.5. The summed E-state index contributed by atoms with van der Waals surface area (Å²) in [6, 6.07) is 14.8. The predicted molar refractivity (Wildman–Crippen MR) is 213 cm³/mol. The highest BCUT2D eigenvalue weighted by atomic mass is 32.1. The molecule has 9 rings (SSSR count). The summed E-state index contributed by atoms with van der Waals surface area (Å²) in [6.45, 7) is 5.34. The molecule has 3 aliphatic heterocycles. The maximum atomic E-state index is 13.5. The zero-order valence-electron chi connectivity index (χ0n) is 31.4. The molecule has 13 nitrogen and oxygen atoms in total. The molecule has 14 heteroatoms. The average molecular weight is 765 g/mol. The summed E-state index contributed by atoms with van der Waals surface area (Å²) in [7, 11) is 3.42. The van der Waals surface area contributed by atoms with E-state index >= 15 is 0 Å². The third kappa shape index (κ3) is 6.67. The number of nitrogens with one attached hydrogen (secondary N) is 2. The first-order valence-electron chi connectivity index (χ1n) is 19.5. The van der Waals surface area contributed by atoms with Gasteiger partial charge in [-0.05, 0) is 86.6 Å². The Hall–Kier alpha value is -4.79. The maximum absolute atomic E-state index is 13.5. The number of carbonyl (C=O) groups is 2. The Balaban J connectivity index is 0.785. The minimum absolute atomic E-state index is 0.226. The molecule has 6 heterocycles. The zero-order chi connectivity index (χ0) is 37.8. The molecule has 4 aliphatic rings. The van der Waals surface area contributed by atoms with Crippen molar-refractivity contribution in [3.63, 3.8) is 0 Å². The number of fused-ring (bicyclic) bond motifs is 2. The van der Waals surface area contributed by atoms with E-state index in [9.17, 15) is 19.5 Å². The first-order chi connectivity index (χ1) is 26.7. The van der Waals surface area contributed by atoms with Gasteiger partial charge in [0.1, 0.15) is 11.8 Å². The average Bonchev–Trinajstić information content (AvgIpc) is 3.72. The minimum atomic E-state index is -0.948. The van der Waals surface area contributed by atoms with E-state index in [1.165, 1.54) is 17.8 Å². The fraction of sp³-hybridized carbons (Fsp3) is 0.488. The normalized spacial score (nSPS) is 23.5. The molecule has 0 bridgehead atoms. The first-order valence-corrected chi connectivity index (χ1v) is 20.4. The number of hydrogen-bond donors (Lipinski definition) is 3. The van der Waals surface area contributed by atoms with E-state index < -0.39 is 18.2 Å². The second-order valence-corrected chi connectivity index (χ2v) is 17.1. The van der Waals surface area contributed by atoms with E-state index in [4.69, 9.17) is 9.72 Å². The van der Waals surface area contributed by atoms with E-state index in [1.54, 1.807) is 46.9 Å². The lowest BCUT2D eigenvalue weighted by molar-refractivity contribution is -0.135. The van der Waals surface area contributed by atoms with Crippen LogP contribution in [0.15, 0.2) is 59.5 Å². The summed E-state index contributed by atoms with van der Waals surface area (Å²) in [4.78, 5) is 52.3. The number of imide groups is 1. The molecule has 3 saturated heterocycles. The number of pyridine rings is 1. The molecule has 3 N–H and O–H groups in total. The number of aryl methyl sites for hydroxylation is 1. The van der Waals surface area contributed by atoms with Gasteiger partial charge in [-0.25, -0.2) is 9.78 Å². The van der Waals surface area contributed by atoms with Crippen molar-refractivity contribution in [3.05, 3.63) is 75.9 Å². The summed E-state index contributed by atoms with van der Waals surface area (Å²) < 4.78 is 9.98. The summed E-state index contributed by atoms with van der Waals surface area (Å²) >= 11 is 1.75. The van der Waals surface area contributed by atoms with Crippen molar-refractivity contribution in [2.45, 2.75) is 69.6 Å². The van der Waals surface area contributed by atoms with Crippen molar-refractivity contribution >= 4 is 55.8 Å². The standard InChI is InChI=1S/C41H48N8O5S/c1-46-36-30(7-5-8-31(36)49(40(46)53)32-13-14-35(50)45-38(32)52)48-18-15-41(16-19-48)23-47(24-41)22-25-9-11-26(12-10-25)39-44-29-20-33(54-2)28(21-34(29)55-39)43-37(51)27-6-3-4-17-42-27/h3-8,17,20-21,25-26,32,37,43,51H,9-16,18-19,22-24H2,1-2H3,(H,45,50,52). The van der Waals surface area contributed by atoms with Gasteiger partial charge < -0.3 is 25.0 Å². The highest BCUT2D eigenvalue weighted by Gasteiger charge is 2.45. The van der Waals surface area contributed by atoms with E-state index in [-0.39, 0.29) is 18.0 Å². The Morgan fingerprint density at radius 3 is 2.56 bits per heavy atom. The van der Waals surface area contributed by atoms with Crippen LogP contribution in [0.2, 0.25) is 0 Å². The summed E-state index contributed by atoms with van der Waals surface area (Å²) in [6.07, 6.45) is 8.25. The van der Waals surface area contributed by atoms with Crippen molar-refractivity contribution in [2.24, 2.45) is 18.4 Å². The van der Waals surface area contributed by atoms with Crippen LogP contribution in [0.1, 0.15) is 80.3 Å². The molecule has 1 saturated carbocycles. The van der Waals surface area contributed by atoms with Crippen LogP contribution in [0.5, 0.6) is 5.75 Å². The number of nitrogens with zero attached hydrogens (tertiary/aromatic N) is 6. The Labute approximate surface area is 323 Å². The Morgan fingerprint density at radius 1 is 1.04 bits per heavy atom. The topological polar surface area (TPSA) is 147 Å². The third-order valence-corrected chi connectivity index (χ3v) is 13.8. The SMILES string of the molecule is COc1cc2nc(C3CCC(CN4CC5(CCN(c6cccc7c6n(C)c(=O)n7C6CCC(=O)NC6=O)CC5)C4)CC3)sc2cc1NC(O)c1ccccn1. The van der Waals surface area contributed by atoms with Gasteiger partial charge in [0, 0.05) is 64.4 Å². The number of piperidine rings is 2. The van der Waals surface area contributed by atoms with Crippen molar-refractivity contribution in [1.82, 2.24) is 29.3 Å². The van der Waals surface area contributed by atoms with Crippen molar-refractivity contribution in [1.29, 1.82) is 0 Å². The molecular weight excluding hydrogens is 717 g/mol. The number of rotatable bonds is 9. The number of aliphatic hydroxyl groups excluding tert-OH is 1. The highest BCUT2D eigenvalue weighted by Crippen LogP contribution is 2.45. The van der Waals surface area contributed by atoms with Crippen LogP contribution in [-0.2, 0) is 16.6 Å². The monoisotopic (exact) mass is 764 g/mol. The number of likely N-dealkylation sites (tertiary alicyclic amines) is 1. The van der Waals surface area contributed by atoms with Crippen LogP contribution < -0.4 is 26.0 Å². The smallest absolute Gasteiger partial charge is 0.329 e. The van der Waals surface area contributed by atoms with Gasteiger partial charge in [-0.15, -0.1) is 11.3 Å². The van der Waals surface area contributed by atoms with E-state index in [2.05, 4.69) is 31.5 Å². The lowest BCUT2D eigenvalue weighted by Gasteiger charge is -2.55. The number of anilines is 2. The van der Waals surface area contributed by atoms with E-state index in [1.807, 2.05) is 36.4 Å². The lowest BCUT2D eigenvalue weighted by Crippen LogP contribution is -2.61. The van der Waals surface area contributed by atoms with Crippen LogP contribution in [0.3, 0.4) is 0 Å². The number of amides is 2. The van der Waals surface area contributed by atoms with Gasteiger partial charge in [-0.2, -0.15) is 0 Å². The molecular formula is C41H48N8O5S. The Kier molecular flexibility index (Phi) is 9.38. The number of carbonyl (C=O) groups excluding carboxylic acids is 2. The molecule has 4 fully saturated rings. The van der Waals surface area contributed by atoms with Crippen LogP contribution in [0.25, 0.3) is 21.3 Å². The molecule has 2 aromatic carbocycles. The second-order valence-electron chi connectivity index (χ2n) is 16.1. The molecule has 55 heavy (non-hydrogen) atoms. The molecule has 2 amide bonds. The number of aliphatic hydroxyl groups is 1. The first kappa shape index (κ1) is 35.9. The molecule has 288 valence electrons. The largest absolute Gasteiger partial charge is 0.495 e. The number of imidazole rings is 1. The van der Waals surface area contributed by atoms with Crippen molar-refractivity contribution in [3.8, 4) is 5.75 Å². The summed E-state index contributed by atoms with van der Waals surface area (Å²) in [5.41, 5.74) is 4.96. The van der Waals surface area contributed by atoms with Crippen molar-refractivity contribution in [2.75, 3.05) is 50.1 Å². The number of para-hydroxylation sites is 1. The molecule has 5 aromatic rings. The van der Waals surface area contributed by atoms with Gasteiger partial charge >= 0.3 is 5.69 Å². The van der Waals surface area contributed by atoms with E-state index in [0.29, 0.717) is 35.1 Å². The number of ether oxygens (including phenoxy) is 1. The quantitative estimate of drug-likeness (QED) is 0.133. The number of aromatic nitrogens is 4. The van der Waals surface area contributed by atoms with Crippen molar-refractivity contribution < 1.29 is 19.4 Å². The predicted octanol–water partition coefficient (Wildman–Crippen LogP) is 5.31. The fourth-order valence-corrected chi connectivity index (χ4v) is 10.8. The van der Waals surface area contributed by atoms with Crippen LogP contribution in [-0.4, -0.2) is 80.8 Å². The highest BCUT2D eigenvalue weighted by molar-refractivity contribution is 7.18. The molecule has 0 radical (unpaired) electrons. The second kappa shape index (κ2) is 14.4. The summed E-state index contributed by atoms with van der Waals surface area (Å²) in [5.74, 6) is 1.13. The molecule has 2 unspecified atom stereocenters. The molecule has 1 spiro atoms. The van der Waals surface area contributed by atoms with Gasteiger partial charge in [0.05, 0.1) is 50.4 Å². The van der Waals surface area contributed by atoms with Crippen LogP contribution in [0.4, 0.5) is 11.4 Å². The van der Waals surface area contributed by atoms with E-state index in [0.717, 1.165) is 91.0 Å². The number of methoxy groups -OCH3 is 1. The zero-order valence-corrected chi connectivity index (χ0v) is 32.2. The maximum Gasteiger partial charge on any atom is 0.329 e. The Bertz CT molecular complexity index is 2300. The van der Waals surface area contributed by atoms with Gasteiger partial charge in [-0.1, -0.05) is 12.1 Å².